The highest BCUT2D eigenvalue weighted by molar-refractivity contribution is 8.34. The molecule has 0 nitrogen and oxygen atoms in total. The fraction of sp³-hybridized carbons (Fsp3) is 0.167. The normalized spacial score (nSPS) is 17.3. The van der Waals surface area contributed by atoms with Gasteiger partial charge in [0.05, 0.1) is 0 Å². The molecule has 2 aliphatic rings. The Labute approximate surface area is 170 Å². The Morgan fingerprint density at radius 2 is 0.926 bits per heavy atom. The van der Waals surface area contributed by atoms with Crippen LogP contribution in [0.25, 0.3) is 0 Å². The van der Waals surface area contributed by atoms with E-state index in [1.165, 1.54) is 35.2 Å². The van der Waals surface area contributed by atoms with Crippen LogP contribution in [0.5, 0.6) is 0 Å². The molecule has 5 rings (SSSR count). The van der Waals surface area contributed by atoms with Crippen LogP contribution in [0.1, 0.15) is 19.3 Å². The molecule has 0 amide bonds. The average molecular weight is 406 g/mol. The van der Waals surface area contributed by atoms with Crippen molar-refractivity contribution in [2.45, 2.75) is 23.6 Å². The maximum absolute atomic E-state index is 2.36. The van der Waals surface area contributed by atoms with Crippen LogP contribution >= 0.6 is 30.8 Å². The van der Waals surface area contributed by atoms with Gasteiger partial charge in [0.2, 0.25) is 0 Å². The molecule has 0 saturated heterocycles. The van der Waals surface area contributed by atoms with E-state index in [1.54, 1.807) is 9.81 Å². The van der Waals surface area contributed by atoms with E-state index in [9.17, 15) is 0 Å². The molecule has 1 heterocycles. The lowest BCUT2D eigenvalue weighted by atomic mass is 10.4. The van der Waals surface area contributed by atoms with E-state index >= 15 is 0 Å². The van der Waals surface area contributed by atoms with Crippen LogP contribution < -0.4 is 15.9 Å². The van der Waals surface area contributed by atoms with Gasteiger partial charge in [-0.25, -0.2) is 0 Å². The van der Waals surface area contributed by atoms with E-state index in [-0.39, 0.29) is 0 Å². The molecule has 0 radical (unpaired) electrons. The third-order valence-corrected chi connectivity index (χ3v) is 14.5. The van der Waals surface area contributed by atoms with E-state index in [1.807, 2.05) is 0 Å². The first-order chi connectivity index (χ1) is 13.4. The number of benzene rings is 3. The quantitative estimate of drug-likeness (QED) is 0.478. The molecule has 0 saturated carbocycles. The van der Waals surface area contributed by atoms with Crippen LogP contribution in [0.4, 0.5) is 0 Å². The fourth-order valence-electron chi connectivity index (χ4n) is 4.16. The number of hydrogen-bond acceptors (Lipinski definition) is 2. The van der Waals surface area contributed by atoms with Gasteiger partial charge in [0, 0.05) is 0 Å². The lowest BCUT2D eigenvalue weighted by molar-refractivity contribution is 0.920. The molecule has 0 fully saturated rings. The minimum Gasteiger partial charge on any atom is -0.0731 e. The first kappa shape index (κ1) is 17.6. The van der Waals surface area contributed by atoms with Crippen molar-refractivity contribution in [2.24, 2.45) is 0 Å². The molecule has 0 N–H and O–H groups in total. The molecule has 27 heavy (non-hydrogen) atoms. The lowest BCUT2D eigenvalue weighted by Gasteiger charge is -2.32. The van der Waals surface area contributed by atoms with E-state index < -0.39 is 7.26 Å². The molecule has 1 aliphatic carbocycles. The second kappa shape index (κ2) is 7.51. The highest BCUT2D eigenvalue weighted by Gasteiger charge is 2.56. The number of rotatable bonds is 4. The van der Waals surface area contributed by atoms with Crippen molar-refractivity contribution in [3.63, 3.8) is 0 Å². The Morgan fingerprint density at radius 3 is 1.30 bits per heavy atom. The molecule has 1 aliphatic heterocycles. The second-order valence-corrected chi connectivity index (χ2v) is 13.9. The van der Waals surface area contributed by atoms with Crippen LogP contribution in [0, 0.1) is 0 Å². The summed E-state index contributed by atoms with van der Waals surface area (Å²) in [5.74, 6) is 0. The molecule has 0 unspecified atom stereocenters. The first-order valence-electron chi connectivity index (χ1n) is 9.50. The van der Waals surface area contributed by atoms with E-state index in [0.717, 1.165) is 0 Å². The summed E-state index contributed by atoms with van der Waals surface area (Å²) in [5.41, 5.74) is 0. The first-order valence-corrected chi connectivity index (χ1v) is 13.1. The highest BCUT2D eigenvalue weighted by Crippen LogP contribution is 2.73. The minimum atomic E-state index is -1.77. The predicted octanol–water partition coefficient (Wildman–Crippen LogP) is 6.14. The molecule has 0 aromatic heterocycles. The van der Waals surface area contributed by atoms with Gasteiger partial charge in [-0.15, -0.1) is 0 Å². The Morgan fingerprint density at radius 1 is 0.556 bits per heavy atom. The Bertz CT molecular complexity index is 839. The molecule has 0 bridgehead atoms. The Kier molecular flexibility index (Phi) is 4.90. The predicted molar refractivity (Wildman–Crippen MR) is 125 cm³/mol. The van der Waals surface area contributed by atoms with Crippen LogP contribution in [0.15, 0.2) is 101 Å². The Hall–Kier alpha value is -1.47. The van der Waals surface area contributed by atoms with Gasteiger partial charge in [0.25, 0.3) is 0 Å². The standard InChI is InChI=1S/C24H22PS2/c1-4-11-19(12-5-1)25(20-13-6-2-7-14-20,21-15-8-3-9-16-21)24-26-22-17-10-18-23(22)27-24/h1-9,11-16,24H,10,17-18H2/q+1. The topological polar surface area (TPSA) is 0 Å². The van der Waals surface area contributed by atoms with E-state index in [2.05, 4.69) is 115 Å². The van der Waals surface area contributed by atoms with Crippen molar-refractivity contribution in [2.75, 3.05) is 0 Å². The SMILES string of the molecule is c1ccc([P+](c2ccccc2)(c2ccccc2)C2SC3=C(CCC3)S2)cc1. The van der Waals surface area contributed by atoms with Gasteiger partial charge in [-0.05, 0) is 65.5 Å². The van der Waals surface area contributed by atoms with E-state index in [0.29, 0.717) is 4.32 Å². The van der Waals surface area contributed by atoms with Crippen molar-refractivity contribution in [1.82, 2.24) is 0 Å². The Balaban J connectivity index is 1.75. The maximum Gasteiger partial charge on any atom is 0.182 e. The van der Waals surface area contributed by atoms with Crippen molar-refractivity contribution < 1.29 is 0 Å². The van der Waals surface area contributed by atoms with Gasteiger partial charge in [-0.1, -0.05) is 78.1 Å². The summed E-state index contributed by atoms with van der Waals surface area (Å²) in [4.78, 5) is 3.33. The van der Waals surface area contributed by atoms with Gasteiger partial charge in [0.1, 0.15) is 23.2 Å². The van der Waals surface area contributed by atoms with Gasteiger partial charge < -0.3 is 0 Å². The van der Waals surface area contributed by atoms with E-state index in [4.69, 9.17) is 0 Å². The lowest BCUT2D eigenvalue weighted by Crippen LogP contribution is -2.36. The van der Waals surface area contributed by atoms with Crippen molar-refractivity contribution in [3.8, 4) is 0 Å². The van der Waals surface area contributed by atoms with Crippen molar-refractivity contribution in [3.05, 3.63) is 101 Å². The minimum absolute atomic E-state index is 0.537. The third kappa shape index (κ3) is 2.99. The molecule has 0 spiro atoms. The van der Waals surface area contributed by atoms with Crippen LogP contribution in [0.3, 0.4) is 0 Å². The fourth-order valence-corrected chi connectivity index (χ4v) is 14.6. The summed E-state index contributed by atoms with van der Waals surface area (Å²) >= 11 is 4.33. The molecular weight excluding hydrogens is 383 g/mol. The highest BCUT2D eigenvalue weighted by atomic mass is 32.2. The number of hydrogen-bond donors (Lipinski definition) is 0. The van der Waals surface area contributed by atoms with Crippen molar-refractivity contribution >= 4 is 46.7 Å². The van der Waals surface area contributed by atoms with Gasteiger partial charge in [-0.3, -0.25) is 0 Å². The molecule has 3 aromatic carbocycles. The molecule has 3 aromatic rings. The van der Waals surface area contributed by atoms with Gasteiger partial charge >= 0.3 is 0 Å². The van der Waals surface area contributed by atoms with Crippen LogP contribution in [-0.2, 0) is 0 Å². The molecule has 0 atom stereocenters. The molecule has 3 heteroatoms. The summed E-state index contributed by atoms with van der Waals surface area (Å²) in [7, 11) is -1.77. The van der Waals surface area contributed by atoms with Gasteiger partial charge in [0.15, 0.2) is 4.32 Å². The van der Waals surface area contributed by atoms with Crippen molar-refractivity contribution in [1.29, 1.82) is 0 Å². The zero-order valence-corrected chi connectivity index (χ0v) is 17.7. The number of thioether (sulfide) groups is 2. The zero-order chi connectivity index (χ0) is 18.1. The average Bonchev–Trinajstić information content (AvgIpc) is 3.34. The summed E-state index contributed by atoms with van der Waals surface area (Å²) in [6.45, 7) is 0. The summed E-state index contributed by atoms with van der Waals surface area (Å²) < 4.78 is 0.537. The largest absolute Gasteiger partial charge is 0.182 e. The maximum atomic E-state index is 2.36. The second-order valence-electron chi connectivity index (χ2n) is 6.97. The number of allylic oxidation sites excluding steroid dienone is 2. The summed E-state index contributed by atoms with van der Waals surface area (Å²) in [6, 6.07) is 33.8. The third-order valence-electron chi connectivity index (χ3n) is 5.41. The van der Waals surface area contributed by atoms with Crippen LogP contribution in [-0.4, -0.2) is 4.32 Å². The zero-order valence-electron chi connectivity index (χ0n) is 15.1. The summed E-state index contributed by atoms with van der Waals surface area (Å²) in [6.07, 6.45) is 3.90. The summed E-state index contributed by atoms with van der Waals surface area (Å²) in [5, 5.41) is 4.48. The molecular formula is C24H22PS2+. The van der Waals surface area contributed by atoms with Crippen LogP contribution in [0.2, 0.25) is 0 Å². The van der Waals surface area contributed by atoms with Gasteiger partial charge in [-0.2, -0.15) is 0 Å². The smallest absolute Gasteiger partial charge is 0.0731 e. The molecule has 134 valence electrons. The monoisotopic (exact) mass is 405 g/mol.